The number of benzene rings is 2. The fourth-order valence-electron chi connectivity index (χ4n) is 2.14. The summed E-state index contributed by atoms with van der Waals surface area (Å²) in [6.07, 6.45) is 0. The lowest BCUT2D eigenvalue weighted by Crippen LogP contribution is -2.12. The van der Waals surface area contributed by atoms with E-state index < -0.39 is 18.3 Å². The Kier molecular flexibility index (Phi) is 5.60. The van der Waals surface area contributed by atoms with Crippen molar-refractivity contribution in [1.29, 1.82) is 0 Å². The fraction of sp³-hybridized carbons (Fsp3) is 0.111. The molecule has 9 heteroatoms. The highest BCUT2D eigenvalue weighted by molar-refractivity contribution is 7.14. The number of anilines is 3. The molecular formula is C18H14F3N3O2S. The van der Waals surface area contributed by atoms with Gasteiger partial charge in [-0.3, -0.25) is 4.79 Å². The number of nitrogens with zero attached hydrogens (tertiary/aromatic N) is 1. The first-order valence-corrected chi connectivity index (χ1v) is 8.63. The lowest BCUT2D eigenvalue weighted by Gasteiger charge is -2.06. The van der Waals surface area contributed by atoms with Crippen LogP contribution in [-0.4, -0.2) is 17.5 Å². The number of rotatable bonds is 6. The standard InChI is InChI=1S/C18H14F3N3O2S/c1-10-2-3-12(8-14(10)19)22-16(25)15-9-27-18(24-15)23-11-4-6-13(7-5-11)26-17(20)21/h2-9,17H,1H3,(H,22,25)(H,23,24). The van der Waals surface area contributed by atoms with Crippen molar-refractivity contribution in [2.75, 3.05) is 10.6 Å². The first-order chi connectivity index (χ1) is 12.9. The van der Waals surface area contributed by atoms with Crippen LogP contribution in [0.15, 0.2) is 47.8 Å². The number of thiazole rings is 1. The molecule has 5 nitrogen and oxygen atoms in total. The molecule has 0 saturated heterocycles. The first-order valence-electron chi connectivity index (χ1n) is 7.75. The second-order valence-corrected chi connectivity index (χ2v) is 6.34. The molecule has 3 rings (SSSR count). The third-order valence-corrected chi connectivity index (χ3v) is 4.26. The predicted octanol–water partition coefficient (Wildman–Crippen LogP) is 5.19. The van der Waals surface area contributed by atoms with Crippen molar-refractivity contribution in [1.82, 2.24) is 4.98 Å². The minimum atomic E-state index is -2.88. The van der Waals surface area contributed by atoms with Crippen LogP contribution in [0.2, 0.25) is 0 Å². The number of aryl methyl sites for hydroxylation is 1. The second kappa shape index (κ2) is 8.09. The third-order valence-electron chi connectivity index (χ3n) is 3.50. The number of ether oxygens (including phenoxy) is 1. The molecular weight excluding hydrogens is 379 g/mol. The monoisotopic (exact) mass is 393 g/mol. The van der Waals surface area contributed by atoms with Gasteiger partial charge in [-0.25, -0.2) is 9.37 Å². The zero-order chi connectivity index (χ0) is 19.4. The highest BCUT2D eigenvalue weighted by Crippen LogP contribution is 2.24. The average molecular weight is 393 g/mol. The van der Waals surface area contributed by atoms with E-state index in [0.29, 0.717) is 22.1 Å². The smallest absolute Gasteiger partial charge is 0.387 e. The summed E-state index contributed by atoms with van der Waals surface area (Å²) in [5.74, 6) is -0.837. The van der Waals surface area contributed by atoms with Crippen molar-refractivity contribution in [3.63, 3.8) is 0 Å². The van der Waals surface area contributed by atoms with Gasteiger partial charge >= 0.3 is 6.61 Å². The van der Waals surface area contributed by atoms with Crippen LogP contribution in [0.25, 0.3) is 0 Å². The Balaban J connectivity index is 1.63. The molecule has 0 aliphatic heterocycles. The van der Waals surface area contributed by atoms with E-state index >= 15 is 0 Å². The minimum absolute atomic E-state index is 0.0417. The van der Waals surface area contributed by atoms with Gasteiger partial charge in [-0.2, -0.15) is 8.78 Å². The molecule has 0 aliphatic rings. The van der Waals surface area contributed by atoms with Gasteiger partial charge in [0.2, 0.25) is 0 Å². The van der Waals surface area contributed by atoms with Gasteiger partial charge in [0, 0.05) is 16.8 Å². The number of nitrogens with one attached hydrogen (secondary N) is 2. The summed E-state index contributed by atoms with van der Waals surface area (Å²) in [6, 6.07) is 10.3. The molecule has 0 bridgehead atoms. The van der Waals surface area contributed by atoms with Crippen molar-refractivity contribution in [2.24, 2.45) is 0 Å². The van der Waals surface area contributed by atoms with Crippen LogP contribution in [0.3, 0.4) is 0 Å². The van der Waals surface area contributed by atoms with Gasteiger partial charge in [0.15, 0.2) is 5.13 Å². The molecule has 0 unspecified atom stereocenters. The fourth-order valence-corrected chi connectivity index (χ4v) is 2.86. The SMILES string of the molecule is Cc1ccc(NC(=O)c2csc(Nc3ccc(OC(F)F)cc3)n2)cc1F. The minimum Gasteiger partial charge on any atom is -0.435 e. The maximum absolute atomic E-state index is 13.6. The number of aromatic nitrogens is 1. The number of amides is 1. The van der Waals surface area contributed by atoms with Crippen molar-refractivity contribution in [3.8, 4) is 5.75 Å². The van der Waals surface area contributed by atoms with Gasteiger partial charge < -0.3 is 15.4 Å². The summed E-state index contributed by atoms with van der Waals surface area (Å²) in [5.41, 5.74) is 1.58. The lowest BCUT2D eigenvalue weighted by atomic mass is 10.2. The predicted molar refractivity (Wildman–Crippen MR) is 97.6 cm³/mol. The molecule has 1 heterocycles. The van der Waals surface area contributed by atoms with Gasteiger partial charge in [0.05, 0.1) is 0 Å². The number of carbonyl (C=O) groups is 1. The highest BCUT2D eigenvalue weighted by atomic mass is 32.1. The summed E-state index contributed by atoms with van der Waals surface area (Å²) >= 11 is 1.20. The Labute approximate surface area is 156 Å². The van der Waals surface area contributed by atoms with Crippen LogP contribution in [0.4, 0.5) is 29.7 Å². The molecule has 0 fully saturated rings. The Hall–Kier alpha value is -3.07. The van der Waals surface area contributed by atoms with Gasteiger partial charge in [-0.05, 0) is 48.9 Å². The molecule has 0 atom stereocenters. The number of halogens is 3. The third kappa shape index (κ3) is 4.98. The molecule has 1 aromatic heterocycles. The van der Waals surface area contributed by atoms with Crippen molar-refractivity contribution >= 4 is 33.8 Å². The molecule has 0 aliphatic carbocycles. The van der Waals surface area contributed by atoms with E-state index in [1.165, 1.54) is 29.5 Å². The molecule has 2 N–H and O–H groups in total. The van der Waals surface area contributed by atoms with Gasteiger partial charge in [-0.15, -0.1) is 11.3 Å². The van der Waals surface area contributed by atoms with E-state index in [4.69, 9.17) is 0 Å². The molecule has 0 spiro atoms. The summed E-state index contributed by atoms with van der Waals surface area (Å²) in [4.78, 5) is 16.4. The van der Waals surface area contributed by atoms with E-state index in [1.54, 1.807) is 36.6 Å². The molecule has 0 saturated carbocycles. The normalized spacial score (nSPS) is 10.7. The molecule has 27 heavy (non-hydrogen) atoms. The van der Waals surface area contributed by atoms with E-state index in [0.717, 1.165) is 0 Å². The Bertz CT molecular complexity index is 945. The van der Waals surface area contributed by atoms with Crippen molar-refractivity contribution < 1.29 is 22.7 Å². The molecule has 2 aromatic carbocycles. The van der Waals surface area contributed by atoms with Crippen LogP contribution >= 0.6 is 11.3 Å². The maximum Gasteiger partial charge on any atom is 0.387 e. The van der Waals surface area contributed by atoms with Crippen LogP contribution in [0.5, 0.6) is 5.75 Å². The molecule has 140 valence electrons. The van der Waals surface area contributed by atoms with E-state index in [1.807, 2.05) is 0 Å². The Morgan fingerprint density at radius 2 is 1.85 bits per heavy atom. The molecule has 1 amide bonds. The Morgan fingerprint density at radius 1 is 1.15 bits per heavy atom. The number of alkyl halides is 2. The van der Waals surface area contributed by atoms with Crippen LogP contribution in [0.1, 0.15) is 16.1 Å². The quantitative estimate of drug-likeness (QED) is 0.605. The van der Waals surface area contributed by atoms with Gasteiger partial charge in [0.25, 0.3) is 5.91 Å². The second-order valence-electron chi connectivity index (χ2n) is 5.48. The average Bonchev–Trinajstić information content (AvgIpc) is 3.08. The molecule has 0 radical (unpaired) electrons. The number of carbonyl (C=O) groups excluding carboxylic acids is 1. The summed E-state index contributed by atoms with van der Waals surface area (Å²) < 4.78 is 42.1. The van der Waals surface area contributed by atoms with Gasteiger partial charge in [-0.1, -0.05) is 6.07 Å². The van der Waals surface area contributed by atoms with Crippen LogP contribution in [-0.2, 0) is 0 Å². The van der Waals surface area contributed by atoms with Crippen LogP contribution in [0, 0.1) is 12.7 Å². The topological polar surface area (TPSA) is 63.2 Å². The zero-order valence-corrected chi connectivity index (χ0v) is 14.8. The van der Waals surface area contributed by atoms with Crippen molar-refractivity contribution in [3.05, 3.63) is 64.9 Å². The summed E-state index contributed by atoms with van der Waals surface area (Å²) in [6.45, 7) is -1.25. The Morgan fingerprint density at radius 3 is 2.52 bits per heavy atom. The van der Waals surface area contributed by atoms with E-state index in [2.05, 4.69) is 20.4 Å². The van der Waals surface area contributed by atoms with E-state index in [9.17, 15) is 18.0 Å². The first kappa shape index (κ1) is 18.7. The number of hydrogen-bond donors (Lipinski definition) is 2. The van der Waals surface area contributed by atoms with E-state index in [-0.39, 0.29) is 11.4 Å². The number of hydrogen-bond acceptors (Lipinski definition) is 5. The summed E-state index contributed by atoms with van der Waals surface area (Å²) in [5, 5.41) is 7.54. The van der Waals surface area contributed by atoms with Crippen molar-refractivity contribution in [2.45, 2.75) is 13.5 Å². The highest BCUT2D eigenvalue weighted by Gasteiger charge is 2.12. The van der Waals surface area contributed by atoms with Gasteiger partial charge in [0.1, 0.15) is 17.3 Å². The maximum atomic E-state index is 13.6. The zero-order valence-electron chi connectivity index (χ0n) is 14.0. The van der Waals surface area contributed by atoms with Crippen LogP contribution < -0.4 is 15.4 Å². The summed E-state index contributed by atoms with van der Waals surface area (Å²) in [7, 11) is 0. The lowest BCUT2D eigenvalue weighted by molar-refractivity contribution is -0.0498. The largest absolute Gasteiger partial charge is 0.435 e. The molecule has 3 aromatic rings.